The molecule has 0 amide bonds. The summed E-state index contributed by atoms with van der Waals surface area (Å²) in [5.74, 6) is 0.0169. The smallest absolute Gasteiger partial charge is 0.148 e. The van der Waals surface area contributed by atoms with Crippen LogP contribution in [0.3, 0.4) is 0 Å². The molecule has 0 aliphatic heterocycles. The van der Waals surface area contributed by atoms with E-state index in [1.54, 1.807) is 38.1 Å². The van der Waals surface area contributed by atoms with Crippen molar-refractivity contribution in [1.29, 1.82) is 0 Å². The highest BCUT2D eigenvalue weighted by molar-refractivity contribution is 7.86. The molecule has 0 spiro atoms. The molecule has 4 heteroatoms. The molecular formula is C11H13ClO2S. The van der Waals surface area contributed by atoms with Crippen molar-refractivity contribution in [3.8, 4) is 0 Å². The topological polar surface area (TPSA) is 34.1 Å². The van der Waals surface area contributed by atoms with Crippen molar-refractivity contribution >= 4 is 28.2 Å². The molecule has 1 aromatic rings. The van der Waals surface area contributed by atoms with Gasteiger partial charge in [0.2, 0.25) is 0 Å². The number of benzene rings is 1. The van der Waals surface area contributed by atoms with E-state index in [2.05, 4.69) is 0 Å². The molecule has 0 saturated heterocycles. The van der Waals surface area contributed by atoms with Gasteiger partial charge < -0.3 is 0 Å². The van der Waals surface area contributed by atoms with Gasteiger partial charge in [0.1, 0.15) is 5.78 Å². The lowest BCUT2D eigenvalue weighted by Crippen LogP contribution is -2.21. The van der Waals surface area contributed by atoms with Crippen LogP contribution >= 0.6 is 11.6 Å². The Morgan fingerprint density at radius 2 is 1.93 bits per heavy atom. The summed E-state index contributed by atoms with van der Waals surface area (Å²) in [5.41, 5.74) is 0. The molecule has 0 saturated carbocycles. The van der Waals surface area contributed by atoms with E-state index in [0.717, 1.165) is 0 Å². The van der Waals surface area contributed by atoms with Gasteiger partial charge in [0.15, 0.2) is 0 Å². The fourth-order valence-corrected chi connectivity index (χ4v) is 2.52. The predicted octanol–water partition coefficient (Wildman–Crippen LogP) is 2.82. The molecule has 0 aromatic heterocycles. The summed E-state index contributed by atoms with van der Waals surface area (Å²) >= 11 is 5.72. The highest BCUT2D eigenvalue weighted by Gasteiger charge is 2.19. The lowest BCUT2D eigenvalue weighted by molar-refractivity contribution is -0.118. The molecular weight excluding hydrogens is 232 g/mol. The summed E-state index contributed by atoms with van der Waals surface area (Å²) in [4.78, 5) is 12.0. The van der Waals surface area contributed by atoms with Gasteiger partial charge in [-0.15, -0.1) is 0 Å². The number of carbonyl (C=O) groups excluding carboxylic acids is 1. The maximum Gasteiger partial charge on any atom is 0.148 e. The highest BCUT2D eigenvalue weighted by atomic mass is 35.5. The third-order valence-electron chi connectivity index (χ3n) is 2.17. The van der Waals surface area contributed by atoms with Gasteiger partial charge in [0.05, 0.1) is 16.0 Å². The van der Waals surface area contributed by atoms with Crippen molar-refractivity contribution in [2.24, 2.45) is 0 Å². The second-order valence-corrected chi connectivity index (χ2v) is 5.42. The molecule has 1 rings (SSSR count). The Kier molecular flexibility index (Phi) is 4.48. The minimum atomic E-state index is -1.27. The van der Waals surface area contributed by atoms with Crippen LogP contribution in [0.5, 0.6) is 0 Å². The number of halogens is 1. The van der Waals surface area contributed by atoms with Crippen LogP contribution in [0.15, 0.2) is 29.2 Å². The average molecular weight is 245 g/mol. The van der Waals surface area contributed by atoms with Crippen LogP contribution < -0.4 is 0 Å². The molecule has 15 heavy (non-hydrogen) atoms. The molecule has 2 atom stereocenters. The number of hydrogen-bond donors (Lipinski definition) is 0. The van der Waals surface area contributed by atoms with E-state index in [4.69, 9.17) is 11.6 Å². The first-order valence-corrected chi connectivity index (χ1v) is 6.34. The average Bonchev–Trinajstić information content (AvgIpc) is 2.27. The summed E-state index contributed by atoms with van der Waals surface area (Å²) in [6.07, 6.45) is 0.417. The fraction of sp³-hybridized carbons (Fsp3) is 0.364. The number of carbonyl (C=O) groups is 1. The number of rotatable bonds is 4. The lowest BCUT2D eigenvalue weighted by atomic mass is 10.2. The summed E-state index contributed by atoms with van der Waals surface area (Å²) in [5, 5.41) is 0.154. The standard InChI is InChI=1S/C11H13ClO2S/c1-3-11(13)8(2)15(14)10-6-4-9(12)5-7-10/h4-8H,3H2,1-2H3. The van der Waals surface area contributed by atoms with Gasteiger partial charge in [0, 0.05) is 16.3 Å². The van der Waals surface area contributed by atoms with E-state index in [1.807, 2.05) is 0 Å². The first-order valence-electron chi connectivity index (χ1n) is 4.75. The summed E-state index contributed by atoms with van der Waals surface area (Å²) in [6.45, 7) is 3.47. The predicted molar refractivity (Wildman–Crippen MR) is 62.6 cm³/mol. The van der Waals surface area contributed by atoms with Crippen molar-refractivity contribution in [3.63, 3.8) is 0 Å². The zero-order valence-corrected chi connectivity index (χ0v) is 10.3. The molecule has 0 heterocycles. The van der Waals surface area contributed by atoms with Crippen LogP contribution in [-0.2, 0) is 15.6 Å². The first kappa shape index (κ1) is 12.4. The first-order chi connectivity index (χ1) is 7.06. The maximum absolute atomic E-state index is 11.9. The largest absolute Gasteiger partial charge is 0.298 e. The number of Topliss-reactive ketones (excluding diaryl/α,β-unsaturated/α-hetero) is 1. The van der Waals surface area contributed by atoms with Gasteiger partial charge in [-0.1, -0.05) is 18.5 Å². The molecule has 82 valence electrons. The van der Waals surface area contributed by atoms with Crippen molar-refractivity contribution in [2.45, 2.75) is 30.4 Å². The molecule has 0 radical (unpaired) electrons. The van der Waals surface area contributed by atoms with Crippen LogP contribution in [0.4, 0.5) is 0 Å². The molecule has 1 aromatic carbocycles. The Labute approximate surface area is 97.1 Å². The van der Waals surface area contributed by atoms with Crippen molar-refractivity contribution < 1.29 is 9.00 Å². The lowest BCUT2D eigenvalue weighted by Gasteiger charge is -2.08. The monoisotopic (exact) mass is 244 g/mol. The van der Waals surface area contributed by atoms with Gasteiger partial charge >= 0.3 is 0 Å². The minimum Gasteiger partial charge on any atom is -0.298 e. The van der Waals surface area contributed by atoms with Crippen LogP contribution in [-0.4, -0.2) is 15.2 Å². The number of hydrogen-bond acceptors (Lipinski definition) is 2. The van der Waals surface area contributed by atoms with E-state index in [9.17, 15) is 9.00 Å². The Balaban J connectivity index is 2.85. The normalized spacial score (nSPS) is 14.6. The Morgan fingerprint density at radius 1 is 1.40 bits per heavy atom. The Morgan fingerprint density at radius 3 is 2.40 bits per heavy atom. The van der Waals surface area contributed by atoms with Crippen LogP contribution in [0.25, 0.3) is 0 Å². The second-order valence-electron chi connectivity index (χ2n) is 3.21. The van der Waals surface area contributed by atoms with Gasteiger partial charge in [-0.3, -0.25) is 9.00 Å². The molecule has 0 aliphatic rings. The third-order valence-corrected chi connectivity index (χ3v) is 4.06. The SMILES string of the molecule is CCC(=O)C(C)S(=O)c1ccc(Cl)cc1. The van der Waals surface area contributed by atoms with Crippen molar-refractivity contribution in [2.75, 3.05) is 0 Å². The summed E-state index contributed by atoms with van der Waals surface area (Å²) in [6, 6.07) is 6.74. The quantitative estimate of drug-likeness (QED) is 0.816. The summed E-state index contributed by atoms with van der Waals surface area (Å²) in [7, 11) is -1.27. The highest BCUT2D eigenvalue weighted by Crippen LogP contribution is 2.16. The van der Waals surface area contributed by atoms with Crippen molar-refractivity contribution in [3.05, 3.63) is 29.3 Å². The maximum atomic E-state index is 11.9. The van der Waals surface area contributed by atoms with E-state index >= 15 is 0 Å². The molecule has 0 bridgehead atoms. The van der Waals surface area contributed by atoms with E-state index < -0.39 is 16.0 Å². The van der Waals surface area contributed by atoms with E-state index in [0.29, 0.717) is 16.3 Å². The Hall–Kier alpha value is -0.670. The van der Waals surface area contributed by atoms with Gasteiger partial charge in [-0.05, 0) is 31.2 Å². The molecule has 0 N–H and O–H groups in total. The van der Waals surface area contributed by atoms with Gasteiger partial charge in [-0.25, -0.2) is 0 Å². The van der Waals surface area contributed by atoms with Gasteiger partial charge in [0.25, 0.3) is 0 Å². The van der Waals surface area contributed by atoms with E-state index in [-0.39, 0.29) is 5.78 Å². The van der Waals surface area contributed by atoms with Gasteiger partial charge in [-0.2, -0.15) is 0 Å². The van der Waals surface area contributed by atoms with Crippen LogP contribution in [0, 0.1) is 0 Å². The fourth-order valence-electron chi connectivity index (χ4n) is 1.18. The molecule has 0 aliphatic carbocycles. The van der Waals surface area contributed by atoms with Crippen LogP contribution in [0.1, 0.15) is 20.3 Å². The van der Waals surface area contributed by atoms with Crippen molar-refractivity contribution in [1.82, 2.24) is 0 Å². The summed E-state index contributed by atoms with van der Waals surface area (Å²) < 4.78 is 11.9. The Bertz CT molecular complexity index is 373. The minimum absolute atomic E-state index is 0.0169. The second kappa shape index (κ2) is 5.42. The zero-order valence-electron chi connectivity index (χ0n) is 8.70. The molecule has 2 nitrogen and oxygen atoms in total. The zero-order chi connectivity index (χ0) is 11.4. The number of ketones is 1. The van der Waals surface area contributed by atoms with Crippen LogP contribution in [0.2, 0.25) is 5.02 Å². The molecule has 2 unspecified atom stereocenters. The third kappa shape index (κ3) is 3.14. The van der Waals surface area contributed by atoms with E-state index in [1.165, 1.54) is 0 Å². The molecule has 0 fully saturated rings.